The zero-order valence-electron chi connectivity index (χ0n) is 21.3. The highest BCUT2D eigenvalue weighted by molar-refractivity contribution is 7.25. The predicted octanol–water partition coefficient (Wildman–Crippen LogP) is 8.26. The number of thiophene rings is 1. The maximum atomic E-state index is 10.2. The molecule has 0 aliphatic rings. The Kier molecular flexibility index (Phi) is 5.22. The van der Waals surface area contributed by atoms with Crippen LogP contribution >= 0.6 is 11.3 Å². The highest BCUT2D eigenvalue weighted by Gasteiger charge is 2.22. The number of rotatable bonds is 4. The molecule has 4 nitrogen and oxygen atoms in total. The Morgan fingerprint density at radius 1 is 0.550 bits per heavy atom. The number of para-hydroxylation sites is 1. The van der Waals surface area contributed by atoms with E-state index in [1.165, 1.54) is 20.2 Å². The maximum Gasteiger partial charge on any atom is 0.488 e. The first-order valence-corrected chi connectivity index (χ1v) is 14.0. The predicted molar refractivity (Wildman–Crippen MR) is 169 cm³/mol. The van der Waals surface area contributed by atoms with Crippen LogP contribution in [0.2, 0.25) is 0 Å². The first-order chi connectivity index (χ1) is 19.6. The average molecular weight is 535 g/mol. The van der Waals surface area contributed by atoms with Crippen LogP contribution in [0.15, 0.2) is 126 Å². The molecule has 0 aliphatic carbocycles. The molecule has 0 radical (unpaired) electrons. The summed E-state index contributed by atoms with van der Waals surface area (Å²) in [5.41, 5.74) is 4.83. The molecule has 8 aromatic rings. The molecule has 0 fully saturated rings. The van der Waals surface area contributed by atoms with Gasteiger partial charge < -0.3 is 19.4 Å². The molecule has 6 heteroatoms. The second-order valence-electron chi connectivity index (χ2n) is 10.0. The topological polar surface area (TPSA) is 56.8 Å². The minimum absolute atomic E-state index is 0.436. The summed E-state index contributed by atoms with van der Waals surface area (Å²) < 4.78 is 8.75. The SMILES string of the molecule is OB(O)c1cc(N(c2ccc3c(c2)oc2ccccc23)c2ccc3sc4ccccc4c3c2)c2ccccc2c1. The fourth-order valence-electron chi connectivity index (χ4n) is 5.78. The van der Waals surface area contributed by atoms with E-state index in [-0.39, 0.29) is 0 Å². The van der Waals surface area contributed by atoms with Crippen molar-refractivity contribution in [2.24, 2.45) is 0 Å². The number of furan rings is 1. The van der Waals surface area contributed by atoms with E-state index in [9.17, 15) is 10.0 Å². The second kappa shape index (κ2) is 8.96. The van der Waals surface area contributed by atoms with Crippen molar-refractivity contribution in [3.63, 3.8) is 0 Å². The van der Waals surface area contributed by atoms with Gasteiger partial charge in [0.1, 0.15) is 11.2 Å². The van der Waals surface area contributed by atoms with Crippen LogP contribution in [-0.2, 0) is 0 Å². The summed E-state index contributed by atoms with van der Waals surface area (Å²) in [6.45, 7) is 0. The molecule has 0 saturated carbocycles. The molecule has 40 heavy (non-hydrogen) atoms. The van der Waals surface area contributed by atoms with Gasteiger partial charge in [-0.2, -0.15) is 0 Å². The molecule has 0 saturated heterocycles. The lowest BCUT2D eigenvalue weighted by Crippen LogP contribution is -2.30. The number of benzene rings is 6. The average Bonchev–Trinajstić information content (AvgIpc) is 3.55. The van der Waals surface area contributed by atoms with E-state index in [2.05, 4.69) is 77.7 Å². The van der Waals surface area contributed by atoms with Crippen molar-refractivity contribution < 1.29 is 14.5 Å². The first kappa shape index (κ1) is 23.3. The maximum absolute atomic E-state index is 10.2. The van der Waals surface area contributed by atoms with Crippen LogP contribution in [0.3, 0.4) is 0 Å². The summed E-state index contributed by atoms with van der Waals surface area (Å²) in [5.74, 6) is 0. The van der Waals surface area contributed by atoms with Gasteiger partial charge in [-0.25, -0.2) is 0 Å². The summed E-state index contributed by atoms with van der Waals surface area (Å²) in [6, 6.07) is 41.1. The minimum Gasteiger partial charge on any atom is -0.456 e. The van der Waals surface area contributed by atoms with Crippen LogP contribution in [-0.4, -0.2) is 17.2 Å². The number of hydrogen-bond donors (Lipinski definition) is 2. The highest BCUT2D eigenvalue weighted by Crippen LogP contribution is 2.43. The van der Waals surface area contributed by atoms with Crippen molar-refractivity contribution in [3.8, 4) is 0 Å². The molecular formula is C34H22BNO3S. The third-order valence-electron chi connectivity index (χ3n) is 7.64. The van der Waals surface area contributed by atoms with E-state index in [0.29, 0.717) is 5.46 Å². The molecule has 190 valence electrons. The summed E-state index contributed by atoms with van der Waals surface area (Å²) in [6.07, 6.45) is 0. The quantitative estimate of drug-likeness (QED) is 0.223. The van der Waals surface area contributed by atoms with Crippen LogP contribution in [0, 0.1) is 0 Å². The van der Waals surface area contributed by atoms with Crippen LogP contribution in [0.4, 0.5) is 17.1 Å². The van der Waals surface area contributed by atoms with Crippen LogP contribution < -0.4 is 10.4 Å². The number of hydrogen-bond acceptors (Lipinski definition) is 5. The van der Waals surface area contributed by atoms with Gasteiger partial charge in [-0.3, -0.25) is 0 Å². The smallest absolute Gasteiger partial charge is 0.456 e. The molecule has 6 aromatic carbocycles. The molecule has 0 bridgehead atoms. The lowest BCUT2D eigenvalue weighted by Gasteiger charge is -2.27. The van der Waals surface area contributed by atoms with Gasteiger partial charge in [-0.15, -0.1) is 11.3 Å². The Morgan fingerprint density at radius 3 is 2.10 bits per heavy atom. The van der Waals surface area contributed by atoms with Gasteiger partial charge in [0.2, 0.25) is 0 Å². The van der Waals surface area contributed by atoms with Crippen LogP contribution in [0.5, 0.6) is 0 Å². The Labute approximate surface area is 234 Å². The molecule has 2 N–H and O–H groups in total. The summed E-state index contributed by atoms with van der Waals surface area (Å²) in [4.78, 5) is 2.19. The number of anilines is 3. The standard InChI is InChI=1S/C34H22BNO3S/c37-35(38)22-17-21-7-1-2-8-25(21)30(18-22)36(23-14-16-34-29(19-23)28-10-4-6-12-33(28)40-34)24-13-15-27-26-9-3-5-11-31(26)39-32(27)20-24/h1-20,37-38H. The Bertz CT molecular complexity index is 2230. The van der Waals surface area contributed by atoms with Crippen molar-refractivity contribution in [3.05, 3.63) is 121 Å². The summed E-state index contributed by atoms with van der Waals surface area (Å²) in [5, 5.41) is 26.9. The van der Waals surface area contributed by atoms with Gasteiger partial charge in [0.25, 0.3) is 0 Å². The van der Waals surface area contributed by atoms with Gasteiger partial charge in [-0.1, -0.05) is 66.7 Å². The second-order valence-corrected chi connectivity index (χ2v) is 11.1. The van der Waals surface area contributed by atoms with E-state index in [1.807, 2.05) is 48.5 Å². The third kappa shape index (κ3) is 3.62. The number of nitrogens with zero attached hydrogens (tertiary/aromatic N) is 1. The fourth-order valence-corrected chi connectivity index (χ4v) is 6.87. The number of fused-ring (bicyclic) bond motifs is 7. The molecule has 0 spiro atoms. The molecular weight excluding hydrogens is 513 g/mol. The van der Waals surface area contributed by atoms with Gasteiger partial charge in [0.15, 0.2) is 0 Å². The zero-order valence-corrected chi connectivity index (χ0v) is 22.1. The van der Waals surface area contributed by atoms with E-state index in [1.54, 1.807) is 11.3 Å². The van der Waals surface area contributed by atoms with Gasteiger partial charge in [0.05, 0.1) is 5.69 Å². The van der Waals surface area contributed by atoms with Crippen molar-refractivity contribution >= 4 is 93.9 Å². The Balaban J connectivity index is 1.44. The van der Waals surface area contributed by atoms with Crippen LogP contribution in [0.1, 0.15) is 0 Å². The van der Waals surface area contributed by atoms with E-state index in [0.717, 1.165) is 49.8 Å². The fraction of sp³-hybridized carbons (Fsp3) is 0. The normalized spacial score (nSPS) is 11.8. The molecule has 2 aromatic heterocycles. The van der Waals surface area contributed by atoms with Crippen LogP contribution in [0.25, 0.3) is 52.9 Å². The van der Waals surface area contributed by atoms with E-state index >= 15 is 0 Å². The highest BCUT2D eigenvalue weighted by atomic mass is 32.1. The largest absolute Gasteiger partial charge is 0.488 e. The lowest BCUT2D eigenvalue weighted by molar-refractivity contribution is 0.426. The van der Waals surface area contributed by atoms with Gasteiger partial charge in [-0.05, 0) is 59.4 Å². The third-order valence-corrected chi connectivity index (χ3v) is 8.79. The van der Waals surface area contributed by atoms with Crippen molar-refractivity contribution in [1.29, 1.82) is 0 Å². The molecule has 8 rings (SSSR count). The van der Waals surface area contributed by atoms with Gasteiger partial charge in [0, 0.05) is 53.8 Å². The Hall–Kier alpha value is -4.62. The molecule has 0 atom stereocenters. The van der Waals surface area contributed by atoms with E-state index in [4.69, 9.17) is 4.42 Å². The van der Waals surface area contributed by atoms with Crippen molar-refractivity contribution in [1.82, 2.24) is 0 Å². The minimum atomic E-state index is -1.59. The zero-order chi connectivity index (χ0) is 26.8. The monoisotopic (exact) mass is 535 g/mol. The van der Waals surface area contributed by atoms with Crippen molar-refractivity contribution in [2.75, 3.05) is 4.90 Å². The van der Waals surface area contributed by atoms with E-state index < -0.39 is 7.12 Å². The Morgan fingerprint density at radius 2 is 1.23 bits per heavy atom. The molecule has 0 aliphatic heterocycles. The summed E-state index contributed by atoms with van der Waals surface area (Å²) in [7, 11) is -1.59. The van der Waals surface area contributed by atoms with Gasteiger partial charge >= 0.3 is 7.12 Å². The van der Waals surface area contributed by atoms with Crippen molar-refractivity contribution in [2.45, 2.75) is 0 Å². The molecule has 0 unspecified atom stereocenters. The molecule has 0 amide bonds. The lowest BCUT2D eigenvalue weighted by atomic mass is 9.78. The first-order valence-electron chi connectivity index (χ1n) is 13.2. The molecule has 2 heterocycles. The summed E-state index contributed by atoms with van der Waals surface area (Å²) >= 11 is 1.79.